The zero-order valence-electron chi connectivity index (χ0n) is 25.6. The number of halogens is 6. The van der Waals surface area contributed by atoms with Gasteiger partial charge in [0.15, 0.2) is 11.6 Å². The van der Waals surface area contributed by atoms with E-state index in [1.165, 1.54) is 6.07 Å². The molecule has 4 aliphatic heterocycles. The number of aromatic nitrogens is 2. The van der Waals surface area contributed by atoms with Crippen molar-refractivity contribution in [1.29, 1.82) is 5.26 Å². The van der Waals surface area contributed by atoms with Gasteiger partial charge in [0, 0.05) is 30.5 Å². The van der Waals surface area contributed by atoms with E-state index in [4.69, 9.17) is 26.1 Å². The largest absolute Gasteiger partial charge is 0.489 e. The number of aliphatic hydroxyl groups is 1. The molecule has 4 aliphatic rings. The van der Waals surface area contributed by atoms with Gasteiger partial charge in [-0.25, -0.2) is 22.0 Å². The minimum absolute atomic E-state index is 0.0237. The first-order chi connectivity index (χ1) is 22.9. The normalized spacial score (nSPS) is 26.9. The predicted molar refractivity (Wildman–Crippen MR) is 170 cm³/mol. The lowest BCUT2D eigenvalue weighted by atomic mass is 9.88. The lowest BCUT2D eigenvalue weighted by Gasteiger charge is -2.42. The van der Waals surface area contributed by atoms with E-state index in [0.29, 0.717) is 43.7 Å². The van der Waals surface area contributed by atoms with Crippen molar-refractivity contribution >= 4 is 49.7 Å². The summed E-state index contributed by atoms with van der Waals surface area (Å²) in [6, 6.07) is 3.40. The van der Waals surface area contributed by atoms with Crippen molar-refractivity contribution in [1.82, 2.24) is 14.9 Å². The molecule has 252 valence electrons. The van der Waals surface area contributed by atoms with E-state index < -0.39 is 51.9 Å². The fraction of sp³-hybridized carbons (Fsp3) is 0.485. The van der Waals surface area contributed by atoms with E-state index >= 15 is 8.78 Å². The molecular formula is C33H29ClF5N5O3S. The monoisotopic (exact) mass is 705 g/mol. The van der Waals surface area contributed by atoms with Crippen LogP contribution in [0.4, 0.5) is 27.8 Å². The van der Waals surface area contributed by atoms with Gasteiger partial charge < -0.3 is 19.5 Å². The fourth-order valence-electron chi connectivity index (χ4n) is 8.06. The van der Waals surface area contributed by atoms with Crippen LogP contribution in [-0.2, 0) is 0 Å². The Bertz CT molecular complexity index is 2040. The summed E-state index contributed by atoms with van der Waals surface area (Å²) in [5.74, 6) is -1.51. The lowest BCUT2D eigenvalue weighted by molar-refractivity contribution is 0.0160. The molecule has 0 saturated carbocycles. The average Bonchev–Trinajstić information content (AvgIpc) is 3.68. The number of nitrogens with zero attached hydrogens (tertiary/aromatic N) is 5. The van der Waals surface area contributed by atoms with Gasteiger partial charge in [0.1, 0.15) is 42.6 Å². The first kappa shape index (κ1) is 31.7. The van der Waals surface area contributed by atoms with Gasteiger partial charge in [-0.2, -0.15) is 15.2 Å². The predicted octanol–water partition coefficient (Wildman–Crippen LogP) is 7.32. The molecule has 3 saturated heterocycles. The molecule has 2 aromatic heterocycles. The molecule has 8 nitrogen and oxygen atoms in total. The molecule has 4 atom stereocenters. The van der Waals surface area contributed by atoms with Crippen LogP contribution >= 0.6 is 22.9 Å². The summed E-state index contributed by atoms with van der Waals surface area (Å²) >= 11 is 7.37. The summed E-state index contributed by atoms with van der Waals surface area (Å²) in [7, 11) is 0. The van der Waals surface area contributed by atoms with Crippen LogP contribution in [0.25, 0.3) is 32.1 Å². The maximum Gasteiger partial charge on any atom is 0.319 e. The number of fused-ring (bicyclic) bond motifs is 4. The Hall–Kier alpha value is -3.51. The number of hydrogen-bond acceptors (Lipinski definition) is 9. The number of hydrogen-bond donors (Lipinski definition) is 1. The van der Waals surface area contributed by atoms with Crippen LogP contribution < -0.4 is 14.4 Å². The summed E-state index contributed by atoms with van der Waals surface area (Å²) in [6.45, 7) is 3.25. The van der Waals surface area contributed by atoms with Crippen molar-refractivity contribution in [3.8, 4) is 29.0 Å². The molecular weight excluding hydrogens is 677 g/mol. The van der Waals surface area contributed by atoms with E-state index in [9.17, 15) is 23.5 Å². The molecule has 2 aromatic carbocycles. The Labute approximate surface area is 280 Å². The van der Waals surface area contributed by atoms with Gasteiger partial charge in [-0.15, -0.1) is 11.3 Å². The number of piperidine rings is 1. The maximum atomic E-state index is 17.1. The van der Waals surface area contributed by atoms with E-state index in [1.807, 2.05) is 4.90 Å². The third-order valence-electron chi connectivity index (χ3n) is 10.3. The Morgan fingerprint density at radius 1 is 1.21 bits per heavy atom. The summed E-state index contributed by atoms with van der Waals surface area (Å²) in [5, 5.41) is 20.5. The molecule has 8 rings (SSSR count). The molecule has 0 spiro atoms. The van der Waals surface area contributed by atoms with Crippen molar-refractivity contribution in [3.63, 3.8) is 0 Å². The first-order valence-electron chi connectivity index (χ1n) is 15.7. The Kier molecular flexibility index (Phi) is 7.45. The Balaban J connectivity index is 1.35. The molecule has 15 heteroatoms. The molecule has 0 aliphatic carbocycles. The van der Waals surface area contributed by atoms with Crippen molar-refractivity contribution in [2.45, 2.75) is 68.8 Å². The molecule has 0 radical (unpaired) electrons. The maximum absolute atomic E-state index is 17.1. The van der Waals surface area contributed by atoms with Crippen LogP contribution in [-0.4, -0.2) is 76.2 Å². The number of anilines is 1. The molecule has 3 unspecified atom stereocenters. The second-order valence-corrected chi connectivity index (χ2v) is 14.8. The van der Waals surface area contributed by atoms with Crippen LogP contribution in [0.3, 0.4) is 0 Å². The topological polar surface area (TPSA) is 94.7 Å². The molecule has 6 heterocycles. The summed E-state index contributed by atoms with van der Waals surface area (Å²) in [6.07, 6.45) is -1.45. The van der Waals surface area contributed by atoms with Gasteiger partial charge in [0.25, 0.3) is 6.43 Å². The van der Waals surface area contributed by atoms with Gasteiger partial charge in [-0.1, -0.05) is 17.7 Å². The van der Waals surface area contributed by atoms with Gasteiger partial charge >= 0.3 is 6.01 Å². The van der Waals surface area contributed by atoms with Gasteiger partial charge in [-0.05, 0) is 50.8 Å². The minimum atomic E-state index is -3.07. The summed E-state index contributed by atoms with van der Waals surface area (Å²) in [5.41, 5.74) is -2.64. The standard InChI is InChI=1S/C33H29ClF5N5O3S/c1-32(45)6-8-44-16(10-32)13-46-26-22-25(41-31(42-30(22)44)47-14-33-5-2-7-43(33)12-15(35)9-33)24(37)21(23(26)34)17-3-4-19(36)28-20(17)18(11-40)27(48-28)29(38)39/h3-4,15-16,29,45H,2,5-10,12-14H2,1H3/t15-,16?,32?,33?/m1/s1. The van der Waals surface area contributed by atoms with Crippen molar-refractivity contribution in [3.05, 3.63) is 39.2 Å². The molecule has 0 amide bonds. The third-order valence-corrected chi connectivity index (χ3v) is 11.8. The number of thiophene rings is 1. The highest BCUT2D eigenvalue weighted by atomic mass is 35.5. The number of benzene rings is 2. The van der Waals surface area contributed by atoms with Crippen LogP contribution in [0.5, 0.6) is 11.8 Å². The zero-order chi connectivity index (χ0) is 33.7. The molecule has 4 aromatic rings. The number of alkyl halides is 3. The van der Waals surface area contributed by atoms with Gasteiger partial charge in [0.2, 0.25) is 0 Å². The Morgan fingerprint density at radius 2 is 2.02 bits per heavy atom. The molecule has 48 heavy (non-hydrogen) atoms. The zero-order valence-corrected chi connectivity index (χ0v) is 27.2. The molecule has 1 N–H and O–H groups in total. The van der Waals surface area contributed by atoms with E-state index in [2.05, 4.69) is 9.88 Å². The van der Waals surface area contributed by atoms with Crippen LogP contribution in [0, 0.1) is 23.0 Å². The second-order valence-electron chi connectivity index (χ2n) is 13.4. The highest BCUT2D eigenvalue weighted by molar-refractivity contribution is 7.19. The van der Waals surface area contributed by atoms with Crippen LogP contribution in [0.15, 0.2) is 12.1 Å². The third kappa shape index (κ3) is 4.80. The quantitative estimate of drug-likeness (QED) is 0.216. The van der Waals surface area contributed by atoms with Crippen LogP contribution in [0.1, 0.15) is 55.9 Å². The second kappa shape index (κ2) is 11.3. The van der Waals surface area contributed by atoms with Gasteiger partial charge in [0.05, 0.1) is 42.7 Å². The van der Waals surface area contributed by atoms with Gasteiger partial charge in [-0.3, -0.25) is 4.90 Å². The summed E-state index contributed by atoms with van der Waals surface area (Å²) in [4.78, 5) is 12.6. The van der Waals surface area contributed by atoms with Crippen molar-refractivity contribution in [2.24, 2.45) is 0 Å². The fourth-order valence-corrected chi connectivity index (χ4v) is 9.43. The highest BCUT2D eigenvalue weighted by Crippen LogP contribution is 2.52. The van der Waals surface area contributed by atoms with Crippen molar-refractivity contribution in [2.75, 3.05) is 37.7 Å². The lowest BCUT2D eigenvalue weighted by Crippen LogP contribution is -2.51. The number of ether oxygens (including phenoxy) is 2. The van der Waals surface area contributed by atoms with E-state index in [0.717, 1.165) is 25.5 Å². The van der Waals surface area contributed by atoms with E-state index in [1.54, 1.807) is 13.0 Å². The average molecular weight is 706 g/mol. The number of nitriles is 1. The first-order valence-corrected chi connectivity index (χ1v) is 16.9. The Morgan fingerprint density at radius 3 is 2.79 bits per heavy atom. The van der Waals surface area contributed by atoms with Crippen molar-refractivity contribution < 1.29 is 36.5 Å². The minimum Gasteiger partial charge on any atom is -0.489 e. The highest BCUT2D eigenvalue weighted by Gasteiger charge is 2.49. The van der Waals surface area contributed by atoms with E-state index in [-0.39, 0.29) is 67.9 Å². The number of rotatable bonds is 5. The molecule has 3 fully saturated rings. The van der Waals surface area contributed by atoms with Crippen LogP contribution in [0.2, 0.25) is 5.02 Å². The molecule has 0 bridgehead atoms. The summed E-state index contributed by atoms with van der Waals surface area (Å²) < 4.78 is 86.8. The SMILES string of the molecule is CC1(O)CCN2c3nc(OCC45CCCN4C[C@H](F)C5)nc4c(F)c(-c5ccc(F)c6sc(C(F)F)c(C#N)c56)c(Cl)c(c34)OCC2C1. The smallest absolute Gasteiger partial charge is 0.319 e.